The van der Waals surface area contributed by atoms with Gasteiger partial charge >= 0.3 is 6.18 Å². The minimum absolute atomic E-state index is 0.109. The number of hydrogen-bond donors (Lipinski definition) is 0. The summed E-state index contributed by atoms with van der Waals surface area (Å²) in [5.74, 6) is -1.30. The fourth-order valence-corrected chi connectivity index (χ4v) is 1.64. The molecule has 1 aliphatic carbocycles. The first-order valence-corrected chi connectivity index (χ1v) is 4.16. The van der Waals surface area contributed by atoms with Crippen molar-refractivity contribution in [3.63, 3.8) is 0 Å². The lowest BCUT2D eigenvalue weighted by atomic mass is 9.82. The van der Waals surface area contributed by atoms with Crippen LogP contribution in [0.4, 0.5) is 17.6 Å². The Bertz CT molecular complexity index is 132. The van der Waals surface area contributed by atoms with E-state index in [4.69, 9.17) is 0 Å². The Morgan fingerprint density at radius 3 is 1.83 bits per heavy atom. The molecule has 0 bridgehead atoms. The molecule has 0 N–H and O–H groups in total. The third-order valence-corrected chi connectivity index (χ3v) is 2.53. The van der Waals surface area contributed by atoms with E-state index < -0.39 is 18.8 Å². The molecule has 0 aromatic rings. The molecule has 0 atom stereocenters. The Kier molecular flexibility index (Phi) is 2.96. The highest BCUT2D eigenvalue weighted by Gasteiger charge is 2.41. The van der Waals surface area contributed by atoms with Crippen molar-refractivity contribution in [3.8, 4) is 0 Å². The van der Waals surface area contributed by atoms with Crippen LogP contribution in [-0.4, -0.2) is 12.9 Å². The Morgan fingerprint density at radius 2 is 1.50 bits per heavy atom. The van der Waals surface area contributed by atoms with Crippen molar-refractivity contribution in [2.75, 3.05) is 6.67 Å². The molecule has 4 heteroatoms. The Balaban J connectivity index is 2.36. The summed E-state index contributed by atoms with van der Waals surface area (Å²) >= 11 is 0. The average molecular weight is 184 g/mol. The van der Waals surface area contributed by atoms with E-state index in [0.29, 0.717) is 12.8 Å². The fraction of sp³-hybridized carbons (Fsp3) is 1.00. The summed E-state index contributed by atoms with van der Waals surface area (Å²) in [5.41, 5.74) is 0. The summed E-state index contributed by atoms with van der Waals surface area (Å²) in [6.45, 7) is -0.468. The van der Waals surface area contributed by atoms with Crippen LogP contribution in [0.25, 0.3) is 0 Å². The predicted molar refractivity (Wildman–Crippen MR) is 37.5 cm³/mol. The Hall–Kier alpha value is -0.280. The van der Waals surface area contributed by atoms with E-state index in [1.807, 2.05) is 0 Å². The molecule has 0 spiro atoms. The van der Waals surface area contributed by atoms with E-state index in [-0.39, 0.29) is 18.8 Å². The van der Waals surface area contributed by atoms with E-state index in [9.17, 15) is 17.6 Å². The summed E-state index contributed by atoms with van der Waals surface area (Å²) < 4.78 is 48.3. The van der Waals surface area contributed by atoms with Gasteiger partial charge in [0, 0.05) is 0 Å². The molecule has 0 aromatic heterocycles. The molecule has 0 aliphatic heterocycles. The molecule has 0 nitrogen and oxygen atoms in total. The van der Waals surface area contributed by atoms with Crippen LogP contribution in [0.15, 0.2) is 0 Å². The van der Waals surface area contributed by atoms with Gasteiger partial charge in [0.15, 0.2) is 0 Å². The van der Waals surface area contributed by atoms with E-state index >= 15 is 0 Å². The van der Waals surface area contributed by atoms with Gasteiger partial charge in [0.1, 0.15) is 0 Å². The molecule has 0 unspecified atom stereocenters. The van der Waals surface area contributed by atoms with E-state index in [2.05, 4.69) is 0 Å². The van der Waals surface area contributed by atoms with Crippen LogP contribution in [-0.2, 0) is 0 Å². The third-order valence-electron chi connectivity index (χ3n) is 2.53. The quantitative estimate of drug-likeness (QED) is 0.548. The highest BCUT2D eigenvalue weighted by molar-refractivity contribution is 4.76. The fourth-order valence-electron chi connectivity index (χ4n) is 1.64. The zero-order valence-corrected chi connectivity index (χ0v) is 6.70. The summed E-state index contributed by atoms with van der Waals surface area (Å²) in [6.07, 6.45) is -3.07. The monoisotopic (exact) mass is 184 g/mol. The van der Waals surface area contributed by atoms with Gasteiger partial charge in [-0.15, -0.1) is 0 Å². The number of halogens is 4. The lowest BCUT2D eigenvalue weighted by molar-refractivity contribution is -0.184. The number of alkyl halides is 4. The molecule has 1 fully saturated rings. The van der Waals surface area contributed by atoms with Crippen molar-refractivity contribution >= 4 is 0 Å². The van der Waals surface area contributed by atoms with Crippen molar-refractivity contribution in [3.05, 3.63) is 0 Å². The summed E-state index contributed by atoms with van der Waals surface area (Å²) in [4.78, 5) is 0. The maximum absolute atomic E-state index is 12.1. The maximum Gasteiger partial charge on any atom is 0.391 e. The van der Waals surface area contributed by atoms with Gasteiger partial charge in [-0.3, -0.25) is 4.39 Å². The van der Waals surface area contributed by atoms with Crippen LogP contribution in [0, 0.1) is 11.8 Å². The summed E-state index contributed by atoms with van der Waals surface area (Å²) in [7, 11) is 0. The third kappa shape index (κ3) is 2.35. The summed E-state index contributed by atoms with van der Waals surface area (Å²) in [5, 5.41) is 0. The molecule has 1 rings (SSSR count). The second-order valence-corrected chi connectivity index (χ2v) is 3.41. The van der Waals surface area contributed by atoms with E-state index in [0.717, 1.165) is 0 Å². The van der Waals surface area contributed by atoms with Gasteiger partial charge in [-0.2, -0.15) is 13.2 Å². The lowest BCUT2D eigenvalue weighted by Crippen LogP contribution is -2.28. The maximum atomic E-state index is 12.1. The minimum Gasteiger partial charge on any atom is -0.251 e. The van der Waals surface area contributed by atoms with Gasteiger partial charge in [0.05, 0.1) is 12.6 Å². The van der Waals surface area contributed by atoms with E-state index in [1.165, 1.54) is 0 Å². The van der Waals surface area contributed by atoms with Gasteiger partial charge in [0.2, 0.25) is 0 Å². The molecule has 72 valence electrons. The van der Waals surface area contributed by atoms with Crippen LogP contribution in [0.1, 0.15) is 25.7 Å². The normalized spacial score (nSPS) is 32.0. The molecule has 0 radical (unpaired) electrons. The molecule has 1 saturated carbocycles. The van der Waals surface area contributed by atoms with Crippen LogP contribution >= 0.6 is 0 Å². The van der Waals surface area contributed by atoms with Crippen molar-refractivity contribution in [1.29, 1.82) is 0 Å². The molecule has 0 aromatic carbocycles. The number of rotatable bonds is 1. The second kappa shape index (κ2) is 3.62. The van der Waals surface area contributed by atoms with Gasteiger partial charge in [-0.1, -0.05) is 0 Å². The van der Waals surface area contributed by atoms with Crippen LogP contribution in [0.5, 0.6) is 0 Å². The molecule has 1 aliphatic rings. The molecule has 0 amide bonds. The first-order valence-electron chi connectivity index (χ1n) is 4.16. The standard InChI is InChI=1S/C8H12F4/c9-5-6-1-3-7(4-2-6)8(10,11)12/h6-7H,1-5H2. The molecule has 0 saturated heterocycles. The summed E-state index contributed by atoms with van der Waals surface area (Å²) in [6, 6.07) is 0. The van der Waals surface area contributed by atoms with E-state index in [1.54, 1.807) is 0 Å². The topological polar surface area (TPSA) is 0 Å². The molecule has 12 heavy (non-hydrogen) atoms. The largest absolute Gasteiger partial charge is 0.391 e. The number of hydrogen-bond acceptors (Lipinski definition) is 0. The second-order valence-electron chi connectivity index (χ2n) is 3.41. The SMILES string of the molecule is FCC1CCC(C(F)(F)F)CC1. The van der Waals surface area contributed by atoms with Crippen LogP contribution in [0.2, 0.25) is 0 Å². The smallest absolute Gasteiger partial charge is 0.251 e. The first kappa shape index (κ1) is 9.81. The predicted octanol–water partition coefficient (Wildman–Crippen LogP) is 3.32. The van der Waals surface area contributed by atoms with Crippen molar-refractivity contribution in [2.45, 2.75) is 31.9 Å². The van der Waals surface area contributed by atoms with Crippen molar-refractivity contribution in [2.24, 2.45) is 11.8 Å². The van der Waals surface area contributed by atoms with Crippen LogP contribution in [0.3, 0.4) is 0 Å². The van der Waals surface area contributed by atoms with Gasteiger partial charge in [-0.25, -0.2) is 0 Å². The highest BCUT2D eigenvalue weighted by Crippen LogP contribution is 2.39. The zero-order chi connectivity index (χ0) is 9.19. The lowest BCUT2D eigenvalue weighted by Gasteiger charge is -2.28. The van der Waals surface area contributed by atoms with Crippen molar-refractivity contribution < 1.29 is 17.6 Å². The first-order chi connectivity index (χ1) is 5.54. The Morgan fingerprint density at radius 1 is 1.00 bits per heavy atom. The Labute approximate surface area is 69.0 Å². The molecular formula is C8H12F4. The zero-order valence-electron chi connectivity index (χ0n) is 6.70. The van der Waals surface area contributed by atoms with Crippen LogP contribution < -0.4 is 0 Å². The molecule has 0 heterocycles. The minimum atomic E-state index is -4.07. The van der Waals surface area contributed by atoms with Gasteiger partial charge < -0.3 is 0 Å². The van der Waals surface area contributed by atoms with Crippen molar-refractivity contribution in [1.82, 2.24) is 0 Å². The average Bonchev–Trinajstić information content (AvgIpc) is 2.03. The molecular weight excluding hydrogens is 172 g/mol. The van der Waals surface area contributed by atoms with Gasteiger partial charge in [0.25, 0.3) is 0 Å². The van der Waals surface area contributed by atoms with Gasteiger partial charge in [-0.05, 0) is 31.6 Å². The highest BCUT2D eigenvalue weighted by atomic mass is 19.4.